The molecule has 0 spiro atoms. The Morgan fingerprint density at radius 2 is 1.92 bits per heavy atom. The van der Waals surface area contributed by atoms with Gasteiger partial charge in [0.05, 0.1) is 24.3 Å². The third-order valence-corrected chi connectivity index (χ3v) is 4.54. The number of carbonyl (C=O) groups excluding carboxylic acids is 1. The number of aromatic hydroxyl groups is 1. The summed E-state index contributed by atoms with van der Waals surface area (Å²) in [6.45, 7) is 0. The van der Waals surface area contributed by atoms with Crippen molar-refractivity contribution in [2.45, 2.75) is 0 Å². The number of carbonyl (C=O) groups is 1. The molecule has 0 fully saturated rings. The molecule has 24 heavy (non-hydrogen) atoms. The summed E-state index contributed by atoms with van der Waals surface area (Å²) in [6, 6.07) is 6.30. The van der Waals surface area contributed by atoms with E-state index in [4.69, 9.17) is 21.7 Å². The van der Waals surface area contributed by atoms with Crippen molar-refractivity contribution in [3.63, 3.8) is 0 Å². The lowest BCUT2D eigenvalue weighted by Gasteiger charge is -2.09. The van der Waals surface area contributed by atoms with Crippen molar-refractivity contribution in [2.75, 3.05) is 14.2 Å². The van der Waals surface area contributed by atoms with Gasteiger partial charge in [0, 0.05) is 10.9 Å². The zero-order valence-corrected chi connectivity index (χ0v) is 14.5. The molecule has 0 saturated heterocycles. The summed E-state index contributed by atoms with van der Waals surface area (Å²) >= 11 is 3.18. The lowest BCUT2D eigenvalue weighted by atomic mass is 9.92. The first-order valence-electron chi connectivity index (χ1n) is 6.92. The molecule has 1 heterocycles. The van der Waals surface area contributed by atoms with Crippen LogP contribution in [0.2, 0.25) is 0 Å². The molecule has 0 saturated carbocycles. The molecule has 1 aromatic heterocycles. The second kappa shape index (κ2) is 6.24. The molecule has 3 aromatic rings. The van der Waals surface area contributed by atoms with Crippen LogP contribution < -0.4 is 14.9 Å². The highest BCUT2D eigenvalue weighted by molar-refractivity contribution is 9.10. The van der Waals surface area contributed by atoms with Gasteiger partial charge in [-0.1, -0.05) is 0 Å². The summed E-state index contributed by atoms with van der Waals surface area (Å²) in [5.74, 6) is 0.622. The maximum atomic E-state index is 12.8. The predicted molar refractivity (Wildman–Crippen MR) is 93.9 cm³/mol. The van der Waals surface area contributed by atoms with Crippen LogP contribution in [-0.4, -0.2) is 33.0 Å². The van der Waals surface area contributed by atoms with Gasteiger partial charge >= 0.3 is 0 Å². The highest BCUT2D eigenvalue weighted by Gasteiger charge is 2.20. The number of hydrogen-bond acceptors (Lipinski definition) is 5. The van der Waals surface area contributed by atoms with Gasteiger partial charge in [0.1, 0.15) is 25.4 Å². The highest BCUT2D eigenvalue weighted by atomic mass is 79.9. The number of halogens is 1. The molecule has 0 amide bonds. The molecule has 7 heteroatoms. The first-order valence-corrected chi connectivity index (χ1v) is 7.72. The van der Waals surface area contributed by atoms with E-state index >= 15 is 0 Å². The van der Waals surface area contributed by atoms with Crippen molar-refractivity contribution in [2.24, 2.45) is 0 Å². The minimum atomic E-state index is -0.282. The summed E-state index contributed by atoms with van der Waals surface area (Å²) in [7, 11) is 8.92. The van der Waals surface area contributed by atoms with Crippen LogP contribution in [-0.2, 0) is 0 Å². The number of ether oxygens (including phenoxy) is 2. The maximum Gasteiger partial charge on any atom is 0.197 e. The zero-order chi connectivity index (χ0) is 17.4. The van der Waals surface area contributed by atoms with E-state index in [0.29, 0.717) is 38.1 Å². The van der Waals surface area contributed by atoms with E-state index in [1.165, 1.54) is 26.5 Å². The normalized spacial score (nSPS) is 10.8. The van der Waals surface area contributed by atoms with Crippen LogP contribution in [0.25, 0.3) is 11.0 Å². The molecule has 0 unspecified atom stereocenters. The summed E-state index contributed by atoms with van der Waals surface area (Å²) in [6.07, 6.45) is 1.33. The smallest absolute Gasteiger partial charge is 0.197 e. The number of phenols is 1. The van der Waals surface area contributed by atoms with E-state index in [-0.39, 0.29) is 17.0 Å². The summed E-state index contributed by atoms with van der Waals surface area (Å²) in [5, 5.41) is 10.4. The highest BCUT2D eigenvalue weighted by Crippen LogP contribution is 2.33. The van der Waals surface area contributed by atoms with Gasteiger partial charge in [-0.15, -0.1) is 0 Å². The predicted octanol–water partition coefficient (Wildman–Crippen LogP) is 2.94. The second-order valence-corrected chi connectivity index (χ2v) is 5.84. The molecule has 0 bridgehead atoms. The van der Waals surface area contributed by atoms with Gasteiger partial charge in [-0.25, -0.2) is 0 Å². The van der Waals surface area contributed by atoms with E-state index in [0.717, 1.165) is 0 Å². The van der Waals surface area contributed by atoms with Gasteiger partial charge < -0.3 is 19.0 Å². The van der Waals surface area contributed by atoms with Crippen molar-refractivity contribution in [1.29, 1.82) is 0 Å². The number of benzene rings is 2. The molecule has 0 aliphatic rings. The summed E-state index contributed by atoms with van der Waals surface area (Å²) in [5.41, 5.74) is 1.27. The van der Waals surface area contributed by atoms with Crippen molar-refractivity contribution in [3.05, 3.63) is 46.1 Å². The molecule has 1 N–H and O–H groups in total. The monoisotopic (exact) mass is 386 g/mol. The Kier molecular flexibility index (Phi) is 4.28. The van der Waals surface area contributed by atoms with Crippen molar-refractivity contribution < 1.29 is 23.8 Å². The van der Waals surface area contributed by atoms with Gasteiger partial charge in [0.15, 0.2) is 17.3 Å². The molecule has 0 aliphatic heterocycles. The lowest BCUT2D eigenvalue weighted by molar-refractivity contribution is 0.103. The Morgan fingerprint density at radius 3 is 2.58 bits per heavy atom. The summed E-state index contributed by atoms with van der Waals surface area (Å²) < 4.78 is 16.1. The molecule has 5 nitrogen and oxygen atoms in total. The third-order valence-electron chi connectivity index (χ3n) is 3.71. The number of methoxy groups -OCH3 is 2. The Balaban J connectivity index is 2.13. The number of phenolic OH excluding ortho intramolecular Hbond substituents is 1. The minimum Gasteiger partial charge on any atom is -0.507 e. The number of ketones is 1. The molecule has 3 rings (SSSR count). The molecule has 0 aliphatic carbocycles. The number of rotatable bonds is 4. The van der Waals surface area contributed by atoms with Crippen LogP contribution in [0.15, 0.2) is 39.4 Å². The molecule has 120 valence electrons. The Labute approximate surface area is 147 Å². The second-order valence-electron chi connectivity index (χ2n) is 5.05. The minimum absolute atomic E-state index is 0.0669. The molecular formula is C17H12BBrO5. The largest absolute Gasteiger partial charge is 0.507 e. The first kappa shape index (κ1) is 16.5. The van der Waals surface area contributed by atoms with E-state index < -0.39 is 0 Å². The van der Waals surface area contributed by atoms with Crippen molar-refractivity contribution >= 4 is 46.0 Å². The molecule has 2 radical (unpaired) electrons. The summed E-state index contributed by atoms with van der Waals surface area (Å²) in [4.78, 5) is 12.8. The fourth-order valence-corrected chi connectivity index (χ4v) is 2.76. The van der Waals surface area contributed by atoms with E-state index in [1.54, 1.807) is 18.2 Å². The average molecular weight is 387 g/mol. The van der Waals surface area contributed by atoms with E-state index in [9.17, 15) is 9.90 Å². The maximum absolute atomic E-state index is 12.8. The van der Waals surface area contributed by atoms with Crippen LogP contribution >= 0.6 is 15.9 Å². The number of fused-ring (bicyclic) bond motifs is 1. The fourth-order valence-electron chi connectivity index (χ4n) is 2.47. The van der Waals surface area contributed by atoms with E-state index in [2.05, 4.69) is 15.9 Å². The zero-order valence-electron chi connectivity index (χ0n) is 12.9. The van der Waals surface area contributed by atoms with Crippen molar-refractivity contribution in [1.82, 2.24) is 0 Å². The standard InChI is InChI=1S/C17H12BBrO5/c1-22-12-4-3-8(5-13(12)23-2)16(21)10-7-24-17-9(10)6-11(20)15(19)14(17)18/h3-7,20H,1-2H3. The Hall–Kier alpha value is -2.41. The van der Waals surface area contributed by atoms with Crippen molar-refractivity contribution in [3.8, 4) is 17.2 Å². The topological polar surface area (TPSA) is 68.9 Å². The molecule has 0 atom stereocenters. The van der Waals surface area contributed by atoms with Gasteiger partial charge in [0.2, 0.25) is 0 Å². The third kappa shape index (κ3) is 2.55. The number of hydrogen-bond donors (Lipinski definition) is 1. The quantitative estimate of drug-likeness (QED) is 0.551. The van der Waals surface area contributed by atoms with Crippen LogP contribution in [0, 0.1) is 0 Å². The van der Waals surface area contributed by atoms with Crippen LogP contribution in [0.3, 0.4) is 0 Å². The SMILES string of the molecule is [B]c1c(Br)c(O)cc2c(C(=O)c3ccc(OC)c(OC)c3)coc12. The first-order chi connectivity index (χ1) is 11.5. The van der Waals surface area contributed by atoms with Gasteiger partial charge in [0.25, 0.3) is 0 Å². The molecular weight excluding hydrogens is 375 g/mol. The average Bonchev–Trinajstić information content (AvgIpc) is 3.02. The fraction of sp³-hybridized carbons (Fsp3) is 0.118. The Bertz CT molecular complexity index is 948. The van der Waals surface area contributed by atoms with Gasteiger partial charge in [-0.3, -0.25) is 4.79 Å². The van der Waals surface area contributed by atoms with Crippen LogP contribution in [0.4, 0.5) is 0 Å². The lowest BCUT2D eigenvalue weighted by Crippen LogP contribution is -2.06. The van der Waals surface area contributed by atoms with Gasteiger partial charge in [-0.2, -0.15) is 0 Å². The van der Waals surface area contributed by atoms with Crippen LogP contribution in [0.5, 0.6) is 17.2 Å². The van der Waals surface area contributed by atoms with Crippen LogP contribution in [0.1, 0.15) is 15.9 Å². The van der Waals surface area contributed by atoms with E-state index in [1.807, 2.05) is 0 Å². The number of furan rings is 1. The molecule has 2 aromatic carbocycles. The van der Waals surface area contributed by atoms with Gasteiger partial charge in [-0.05, 0) is 45.7 Å². The Morgan fingerprint density at radius 1 is 1.21 bits per heavy atom.